The molecule has 22 heavy (non-hydrogen) atoms. The fourth-order valence-electron chi connectivity index (χ4n) is 1.80. The van der Waals surface area contributed by atoms with Crippen molar-refractivity contribution in [2.75, 3.05) is 17.2 Å². The Morgan fingerprint density at radius 3 is 2.77 bits per heavy atom. The molecule has 2 N–H and O–H groups in total. The topological polar surface area (TPSA) is 66.9 Å². The van der Waals surface area contributed by atoms with Crippen LogP contribution >= 0.6 is 11.6 Å². The molecule has 0 spiro atoms. The van der Waals surface area contributed by atoms with E-state index in [0.29, 0.717) is 17.3 Å². The summed E-state index contributed by atoms with van der Waals surface area (Å²) in [7, 11) is 0. The van der Waals surface area contributed by atoms with Gasteiger partial charge in [0, 0.05) is 18.3 Å². The maximum Gasteiger partial charge on any atom is 0.274 e. The molecule has 116 valence electrons. The maximum atomic E-state index is 13.1. The third-order valence-electron chi connectivity index (χ3n) is 2.80. The quantitative estimate of drug-likeness (QED) is 0.881. The van der Waals surface area contributed by atoms with E-state index in [0.717, 1.165) is 13.0 Å². The van der Waals surface area contributed by atoms with E-state index in [9.17, 15) is 9.18 Å². The summed E-state index contributed by atoms with van der Waals surface area (Å²) in [5.74, 6) is 0.136. The molecule has 0 unspecified atom stereocenters. The summed E-state index contributed by atoms with van der Waals surface area (Å²) in [5.41, 5.74) is 0.627. The van der Waals surface area contributed by atoms with E-state index in [-0.39, 0.29) is 10.7 Å². The highest BCUT2D eigenvalue weighted by Crippen LogP contribution is 2.20. The Labute approximate surface area is 132 Å². The number of amides is 1. The highest BCUT2D eigenvalue weighted by atomic mass is 35.5. The number of nitrogens with one attached hydrogen (secondary N) is 2. The Morgan fingerprint density at radius 2 is 2.09 bits per heavy atom. The zero-order valence-corrected chi connectivity index (χ0v) is 13.0. The van der Waals surface area contributed by atoms with Crippen molar-refractivity contribution in [3.8, 4) is 0 Å². The zero-order chi connectivity index (χ0) is 16.1. The fraction of sp³-hybridized carbons (Fsp3) is 0.267. The van der Waals surface area contributed by atoms with Gasteiger partial charge in [-0.3, -0.25) is 4.79 Å². The first-order valence-electron chi connectivity index (χ1n) is 6.85. The lowest BCUT2D eigenvalue weighted by Crippen LogP contribution is -2.16. The van der Waals surface area contributed by atoms with Gasteiger partial charge < -0.3 is 10.6 Å². The first-order chi connectivity index (χ1) is 10.5. The predicted molar refractivity (Wildman–Crippen MR) is 84.9 cm³/mol. The molecule has 0 bridgehead atoms. The molecule has 0 fully saturated rings. The van der Waals surface area contributed by atoms with Gasteiger partial charge in [-0.25, -0.2) is 14.4 Å². The molecule has 0 aliphatic rings. The van der Waals surface area contributed by atoms with Gasteiger partial charge in [-0.1, -0.05) is 18.5 Å². The molecule has 5 nitrogen and oxygen atoms in total. The van der Waals surface area contributed by atoms with Crippen LogP contribution in [0.25, 0.3) is 0 Å². The van der Waals surface area contributed by atoms with Crippen molar-refractivity contribution in [1.82, 2.24) is 9.97 Å². The highest BCUT2D eigenvalue weighted by molar-refractivity contribution is 6.31. The first-order valence-corrected chi connectivity index (χ1v) is 7.23. The Hall–Kier alpha value is -2.21. The number of nitrogens with zero attached hydrogens (tertiary/aromatic N) is 2. The maximum absolute atomic E-state index is 13.1. The summed E-state index contributed by atoms with van der Waals surface area (Å²) >= 11 is 5.69. The molecule has 0 saturated carbocycles. The molecule has 7 heteroatoms. The van der Waals surface area contributed by atoms with Crippen LogP contribution in [0, 0.1) is 12.7 Å². The number of aromatic nitrogens is 2. The Morgan fingerprint density at radius 1 is 1.32 bits per heavy atom. The van der Waals surface area contributed by atoms with E-state index in [1.807, 2.05) is 6.92 Å². The number of rotatable bonds is 5. The fourth-order valence-corrected chi connectivity index (χ4v) is 1.98. The van der Waals surface area contributed by atoms with Crippen LogP contribution in [0.4, 0.5) is 15.9 Å². The lowest BCUT2D eigenvalue weighted by atomic mass is 10.3. The minimum atomic E-state index is -0.538. The second-order valence-corrected chi connectivity index (χ2v) is 5.10. The average Bonchev–Trinajstić information content (AvgIpc) is 2.48. The van der Waals surface area contributed by atoms with Crippen LogP contribution in [0.3, 0.4) is 0 Å². The molecule has 1 aromatic carbocycles. The van der Waals surface area contributed by atoms with Gasteiger partial charge in [0.2, 0.25) is 0 Å². The molecular weight excluding hydrogens is 307 g/mol. The van der Waals surface area contributed by atoms with Crippen molar-refractivity contribution < 1.29 is 9.18 Å². The van der Waals surface area contributed by atoms with Gasteiger partial charge in [0.05, 0.1) is 5.02 Å². The van der Waals surface area contributed by atoms with Crippen LogP contribution in [0.1, 0.15) is 29.7 Å². The van der Waals surface area contributed by atoms with E-state index >= 15 is 0 Å². The van der Waals surface area contributed by atoms with Crippen LogP contribution < -0.4 is 10.6 Å². The summed E-state index contributed by atoms with van der Waals surface area (Å²) < 4.78 is 13.1. The van der Waals surface area contributed by atoms with E-state index in [1.54, 1.807) is 13.0 Å². The van der Waals surface area contributed by atoms with Crippen LogP contribution in [0.5, 0.6) is 0 Å². The minimum absolute atomic E-state index is 0.0537. The van der Waals surface area contributed by atoms with E-state index in [2.05, 4.69) is 20.6 Å². The van der Waals surface area contributed by atoms with Crippen LogP contribution in [-0.2, 0) is 0 Å². The third-order valence-corrected chi connectivity index (χ3v) is 3.09. The van der Waals surface area contributed by atoms with Crippen molar-refractivity contribution in [3.63, 3.8) is 0 Å². The monoisotopic (exact) mass is 322 g/mol. The van der Waals surface area contributed by atoms with E-state index in [1.165, 1.54) is 18.2 Å². The Balaban J connectivity index is 2.17. The number of anilines is 2. The molecular formula is C15H16ClFN4O. The number of halogens is 2. The summed E-state index contributed by atoms with van der Waals surface area (Å²) in [6.45, 7) is 4.50. The van der Waals surface area contributed by atoms with Crippen LogP contribution in [0.2, 0.25) is 5.02 Å². The number of hydrogen-bond donors (Lipinski definition) is 2. The minimum Gasteiger partial charge on any atom is -0.370 e. The van der Waals surface area contributed by atoms with Crippen molar-refractivity contribution in [1.29, 1.82) is 0 Å². The number of aryl methyl sites for hydroxylation is 1. The molecule has 0 aliphatic heterocycles. The van der Waals surface area contributed by atoms with E-state index in [4.69, 9.17) is 11.6 Å². The zero-order valence-electron chi connectivity index (χ0n) is 12.3. The molecule has 1 heterocycles. The van der Waals surface area contributed by atoms with Gasteiger partial charge in [0.1, 0.15) is 23.2 Å². The Kier molecular flexibility index (Phi) is 5.27. The lowest BCUT2D eigenvalue weighted by Gasteiger charge is -2.09. The molecule has 1 amide bonds. The molecule has 0 atom stereocenters. The molecule has 2 aromatic rings. The molecule has 0 radical (unpaired) electrons. The van der Waals surface area contributed by atoms with Crippen molar-refractivity contribution in [2.45, 2.75) is 20.3 Å². The van der Waals surface area contributed by atoms with Crippen molar-refractivity contribution in [2.24, 2.45) is 0 Å². The number of carbonyl (C=O) groups excluding carboxylic acids is 1. The largest absolute Gasteiger partial charge is 0.370 e. The highest BCUT2D eigenvalue weighted by Gasteiger charge is 2.11. The lowest BCUT2D eigenvalue weighted by molar-refractivity contribution is 0.102. The first kappa shape index (κ1) is 16.2. The molecule has 1 aromatic heterocycles. The second kappa shape index (κ2) is 7.17. The number of hydrogen-bond acceptors (Lipinski definition) is 4. The van der Waals surface area contributed by atoms with Gasteiger partial charge in [0.15, 0.2) is 0 Å². The smallest absolute Gasteiger partial charge is 0.274 e. The predicted octanol–water partition coefficient (Wildman–Crippen LogP) is 3.65. The third kappa shape index (κ3) is 4.14. The summed E-state index contributed by atoms with van der Waals surface area (Å²) in [5, 5.41) is 5.68. The number of benzene rings is 1. The van der Waals surface area contributed by atoms with Gasteiger partial charge in [-0.05, 0) is 31.5 Å². The van der Waals surface area contributed by atoms with Gasteiger partial charge in [0.25, 0.3) is 5.91 Å². The SMILES string of the molecule is CCCNc1cc(C(=O)Nc2ccc(F)c(Cl)c2)nc(C)n1. The van der Waals surface area contributed by atoms with E-state index < -0.39 is 11.7 Å². The normalized spacial score (nSPS) is 10.4. The number of carbonyl (C=O) groups is 1. The average molecular weight is 323 g/mol. The van der Waals surface area contributed by atoms with Gasteiger partial charge >= 0.3 is 0 Å². The van der Waals surface area contributed by atoms with Gasteiger partial charge in [-0.2, -0.15) is 0 Å². The molecule has 2 rings (SSSR count). The summed E-state index contributed by atoms with van der Waals surface area (Å²) in [6, 6.07) is 5.54. The van der Waals surface area contributed by atoms with Crippen molar-refractivity contribution >= 4 is 29.0 Å². The van der Waals surface area contributed by atoms with Crippen LogP contribution in [0.15, 0.2) is 24.3 Å². The summed E-state index contributed by atoms with van der Waals surface area (Å²) in [4.78, 5) is 20.5. The second-order valence-electron chi connectivity index (χ2n) is 4.70. The summed E-state index contributed by atoms with van der Waals surface area (Å²) in [6.07, 6.45) is 0.943. The van der Waals surface area contributed by atoms with Gasteiger partial charge in [-0.15, -0.1) is 0 Å². The molecule has 0 saturated heterocycles. The van der Waals surface area contributed by atoms with Crippen LogP contribution in [-0.4, -0.2) is 22.4 Å². The van der Waals surface area contributed by atoms with Crippen molar-refractivity contribution in [3.05, 3.63) is 46.6 Å². The standard InChI is InChI=1S/C15H16ClFN4O/c1-3-6-18-14-8-13(19-9(2)20-14)15(22)21-10-4-5-12(17)11(16)7-10/h4-5,7-8H,3,6H2,1-2H3,(H,21,22)(H,18,19,20). The molecule has 0 aliphatic carbocycles. The Bertz CT molecular complexity index is 693.